The van der Waals surface area contributed by atoms with E-state index >= 15 is 0 Å². The van der Waals surface area contributed by atoms with Crippen LogP contribution in [0.4, 0.5) is 0 Å². The molecule has 1 saturated heterocycles. The fourth-order valence-electron chi connectivity index (χ4n) is 8.50. The highest BCUT2D eigenvalue weighted by molar-refractivity contribution is 5.61. The Bertz CT molecular complexity index is 1020. The van der Waals surface area contributed by atoms with E-state index in [1.807, 2.05) is 0 Å². The molecule has 1 heterocycles. The van der Waals surface area contributed by atoms with Gasteiger partial charge in [-0.1, -0.05) is 68.3 Å². The third-order valence-corrected chi connectivity index (χ3v) is 10.5. The van der Waals surface area contributed by atoms with Crippen LogP contribution in [0.3, 0.4) is 0 Å². The van der Waals surface area contributed by atoms with Gasteiger partial charge in [-0.25, -0.2) is 0 Å². The second kappa shape index (κ2) is 8.30. The molecule has 0 aromatic heterocycles. The number of rotatable bonds is 2. The van der Waals surface area contributed by atoms with Crippen molar-refractivity contribution in [2.24, 2.45) is 28.6 Å². The monoisotopic (exact) mass is 476 g/mol. The molecule has 0 amide bonds. The lowest BCUT2D eigenvalue weighted by Crippen LogP contribution is -2.52. The first-order chi connectivity index (χ1) is 16.6. The first-order valence-corrected chi connectivity index (χ1v) is 14.1. The molecule has 6 rings (SSSR count). The smallest absolute Gasteiger partial charge is 0.169 e. The predicted molar refractivity (Wildman–Crippen MR) is 141 cm³/mol. The fourth-order valence-corrected chi connectivity index (χ4v) is 8.50. The summed E-state index contributed by atoms with van der Waals surface area (Å²) in [5.41, 5.74) is 7.36. The summed E-state index contributed by atoms with van der Waals surface area (Å²) in [5.74, 6) is 1.84. The highest BCUT2D eigenvalue weighted by atomic mass is 16.7. The molecule has 1 aromatic rings. The molecule has 0 radical (unpaired) electrons. The SMILES string of the molecule is C=C(C)c1ccc(C2CC3(C)C(O)CCC3C3CCC4CC5(CCC4=C23)OCC(C)(C)CO5)cc1. The number of fused-ring (bicyclic) bond motifs is 4. The van der Waals surface area contributed by atoms with Crippen LogP contribution < -0.4 is 0 Å². The van der Waals surface area contributed by atoms with E-state index in [1.54, 1.807) is 11.1 Å². The van der Waals surface area contributed by atoms with Crippen LogP contribution in [0.25, 0.3) is 5.57 Å². The van der Waals surface area contributed by atoms with E-state index in [0.29, 0.717) is 23.7 Å². The molecule has 1 N–H and O–H groups in total. The Hall–Kier alpha value is -1.42. The number of hydrogen-bond donors (Lipinski definition) is 1. The summed E-state index contributed by atoms with van der Waals surface area (Å²) in [5, 5.41) is 11.1. The minimum Gasteiger partial charge on any atom is -0.393 e. The van der Waals surface area contributed by atoms with Crippen molar-refractivity contribution in [1.82, 2.24) is 0 Å². The second-order valence-electron chi connectivity index (χ2n) is 13.6. The predicted octanol–water partition coefficient (Wildman–Crippen LogP) is 7.26. The molecular formula is C32H44O3. The van der Waals surface area contributed by atoms with Gasteiger partial charge in [0.1, 0.15) is 0 Å². The van der Waals surface area contributed by atoms with Gasteiger partial charge in [0.15, 0.2) is 5.79 Å². The Balaban J connectivity index is 1.37. The highest BCUT2D eigenvalue weighted by Gasteiger charge is 2.57. The average molecular weight is 477 g/mol. The lowest BCUT2D eigenvalue weighted by Gasteiger charge is -2.55. The Morgan fingerprint density at radius 3 is 2.37 bits per heavy atom. The average Bonchev–Trinajstić information content (AvgIpc) is 3.14. The van der Waals surface area contributed by atoms with E-state index < -0.39 is 0 Å². The number of ether oxygens (including phenoxy) is 2. The Labute approximate surface area is 212 Å². The molecule has 6 unspecified atom stereocenters. The number of hydrogen-bond acceptors (Lipinski definition) is 3. The fraction of sp³-hybridized carbons (Fsp3) is 0.688. The third-order valence-electron chi connectivity index (χ3n) is 10.5. The molecule has 0 bridgehead atoms. The quantitative estimate of drug-likeness (QED) is 0.457. The van der Waals surface area contributed by atoms with Gasteiger partial charge in [-0.2, -0.15) is 0 Å². The Morgan fingerprint density at radius 1 is 0.971 bits per heavy atom. The van der Waals surface area contributed by atoms with Crippen LogP contribution in [0, 0.1) is 28.6 Å². The van der Waals surface area contributed by atoms with E-state index in [4.69, 9.17) is 9.47 Å². The molecule has 6 atom stereocenters. The topological polar surface area (TPSA) is 38.7 Å². The van der Waals surface area contributed by atoms with E-state index in [2.05, 4.69) is 58.5 Å². The van der Waals surface area contributed by atoms with Crippen LogP contribution in [-0.2, 0) is 9.47 Å². The van der Waals surface area contributed by atoms with Crippen molar-refractivity contribution in [3.05, 3.63) is 53.1 Å². The van der Waals surface area contributed by atoms with Crippen LogP contribution in [0.5, 0.6) is 0 Å². The van der Waals surface area contributed by atoms with Gasteiger partial charge in [-0.15, -0.1) is 0 Å². The van der Waals surface area contributed by atoms with Crippen LogP contribution in [0.15, 0.2) is 42.0 Å². The zero-order valence-electron chi connectivity index (χ0n) is 22.2. The highest BCUT2D eigenvalue weighted by Crippen LogP contribution is 2.65. The van der Waals surface area contributed by atoms with Gasteiger partial charge in [0.25, 0.3) is 0 Å². The normalized spacial score (nSPS) is 39.6. The molecule has 3 heteroatoms. The van der Waals surface area contributed by atoms with Crippen LogP contribution in [-0.4, -0.2) is 30.2 Å². The van der Waals surface area contributed by atoms with Gasteiger partial charge < -0.3 is 14.6 Å². The van der Waals surface area contributed by atoms with Crippen molar-refractivity contribution in [3.63, 3.8) is 0 Å². The summed E-state index contributed by atoms with van der Waals surface area (Å²) in [6, 6.07) is 9.18. The number of aliphatic hydroxyl groups excluding tert-OH is 1. The maximum absolute atomic E-state index is 11.1. The van der Waals surface area contributed by atoms with Crippen molar-refractivity contribution in [2.45, 2.75) is 96.9 Å². The Morgan fingerprint density at radius 2 is 1.69 bits per heavy atom. The molecule has 3 nitrogen and oxygen atoms in total. The summed E-state index contributed by atoms with van der Waals surface area (Å²) >= 11 is 0. The number of aliphatic hydroxyl groups is 1. The lowest BCUT2D eigenvalue weighted by atomic mass is 9.52. The van der Waals surface area contributed by atoms with Crippen molar-refractivity contribution in [3.8, 4) is 0 Å². The zero-order chi connectivity index (χ0) is 24.6. The minimum absolute atomic E-state index is 0.0241. The lowest BCUT2D eigenvalue weighted by molar-refractivity contribution is -0.312. The van der Waals surface area contributed by atoms with Gasteiger partial charge in [0.05, 0.1) is 19.3 Å². The third kappa shape index (κ3) is 3.88. The maximum Gasteiger partial charge on any atom is 0.169 e. The molecule has 4 fully saturated rings. The number of allylic oxidation sites excluding steroid dienone is 3. The standard InChI is InChI=1S/C32H44O3/c1-20(2)21-6-8-22(9-7-21)26-17-31(5)27(12-13-28(31)33)25-11-10-23-16-32(15-14-24(23)29(25)26)34-18-30(3,4)19-35-32/h6-9,23,25-28,33H,1,10-19H2,2-5H3. The van der Waals surface area contributed by atoms with E-state index in [1.165, 1.54) is 30.4 Å². The first kappa shape index (κ1) is 23.9. The van der Waals surface area contributed by atoms with Gasteiger partial charge in [0.2, 0.25) is 0 Å². The molecule has 1 spiro atoms. The molecular weight excluding hydrogens is 432 g/mol. The maximum atomic E-state index is 11.1. The van der Waals surface area contributed by atoms with Gasteiger partial charge in [-0.05, 0) is 79.7 Å². The van der Waals surface area contributed by atoms with Crippen molar-refractivity contribution in [1.29, 1.82) is 0 Å². The van der Waals surface area contributed by atoms with Gasteiger partial charge in [0, 0.05) is 24.2 Å². The molecule has 4 aliphatic carbocycles. The number of benzene rings is 1. The molecule has 5 aliphatic rings. The molecule has 190 valence electrons. The molecule has 1 aliphatic heterocycles. The van der Waals surface area contributed by atoms with Gasteiger partial charge in [-0.3, -0.25) is 0 Å². The van der Waals surface area contributed by atoms with Crippen molar-refractivity contribution in [2.75, 3.05) is 13.2 Å². The van der Waals surface area contributed by atoms with Crippen molar-refractivity contribution >= 4 is 5.57 Å². The largest absolute Gasteiger partial charge is 0.393 e. The summed E-state index contributed by atoms with van der Waals surface area (Å²) in [4.78, 5) is 0. The molecule has 1 aromatic carbocycles. The van der Waals surface area contributed by atoms with E-state index in [-0.39, 0.29) is 22.7 Å². The van der Waals surface area contributed by atoms with Crippen LogP contribution >= 0.6 is 0 Å². The van der Waals surface area contributed by atoms with E-state index in [9.17, 15) is 5.11 Å². The summed E-state index contributed by atoms with van der Waals surface area (Å²) in [6.45, 7) is 14.7. The van der Waals surface area contributed by atoms with Gasteiger partial charge >= 0.3 is 0 Å². The summed E-state index contributed by atoms with van der Waals surface area (Å²) < 4.78 is 12.9. The molecule has 35 heavy (non-hydrogen) atoms. The first-order valence-electron chi connectivity index (χ1n) is 14.1. The van der Waals surface area contributed by atoms with E-state index in [0.717, 1.165) is 50.9 Å². The summed E-state index contributed by atoms with van der Waals surface area (Å²) in [7, 11) is 0. The summed E-state index contributed by atoms with van der Waals surface area (Å²) in [6.07, 6.45) is 8.63. The van der Waals surface area contributed by atoms with Crippen LogP contribution in [0.1, 0.15) is 96.1 Å². The minimum atomic E-state index is -0.373. The second-order valence-corrected chi connectivity index (χ2v) is 13.6. The Kier molecular flexibility index (Phi) is 5.68. The zero-order valence-corrected chi connectivity index (χ0v) is 22.2. The van der Waals surface area contributed by atoms with Crippen LogP contribution in [0.2, 0.25) is 0 Å². The van der Waals surface area contributed by atoms with Crippen molar-refractivity contribution < 1.29 is 14.6 Å². The molecule has 3 saturated carbocycles.